The van der Waals surface area contributed by atoms with E-state index in [2.05, 4.69) is 35.1 Å². The maximum atomic E-state index is 9.88. The summed E-state index contributed by atoms with van der Waals surface area (Å²) in [4.78, 5) is 0. The van der Waals surface area contributed by atoms with Gasteiger partial charge in [0.05, 0.1) is 12.7 Å². The average Bonchev–Trinajstić information content (AvgIpc) is 2.39. The van der Waals surface area contributed by atoms with Crippen molar-refractivity contribution in [2.45, 2.75) is 39.7 Å². The van der Waals surface area contributed by atoms with Crippen LogP contribution in [-0.4, -0.2) is 31.0 Å². The zero-order chi connectivity index (χ0) is 15.0. The molecule has 0 aliphatic carbocycles. The molecule has 4 heteroatoms. The Morgan fingerprint density at radius 1 is 1.35 bits per heavy atom. The number of benzene rings is 1. The average molecular weight is 344 g/mol. The number of aliphatic hydroxyl groups excluding tert-OH is 1. The minimum absolute atomic E-state index is 0.387. The van der Waals surface area contributed by atoms with Crippen molar-refractivity contribution in [3.8, 4) is 0 Å². The van der Waals surface area contributed by atoms with Crippen molar-refractivity contribution in [2.24, 2.45) is 5.92 Å². The van der Waals surface area contributed by atoms with Crippen LogP contribution in [0.3, 0.4) is 0 Å². The summed E-state index contributed by atoms with van der Waals surface area (Å²) >= 11 is 3.50. The van der Waals surface area contributed by atoms with Gasteiger partial charge in [-0.2, -0.15) is 0 Å². The molecule has 0 fully saturated rings. The first-order chi connectivity index (χ1) is 9.50. The predicted molar refractivity (Wildman–Crippen MR) is 88.3 cm³/mol. The van der Waals surface area contributed by atoms with Gasteiger partial charge < -0.3 is 15.2 Å². The minimum atomic E-state index is -0.479. The van der Waals surface area contributed by atoms with Crippen molar-refractivity contribution >= 4 is 21.6 Å². The molecule has 20 heavy (non-hydrogen) atoms. The maximum Gasteiger partial charge on any atom is 0.0945 e. The quantitative estimate of drug-likeness (QED) is 0.666. The van der Waals surface area contributed by atoms with Gasteiger partial charge in [-0.15, -0.1) is 0 Å². The summed E-state index contributed by atoms with van der Waals surface area (Å²) in [5, 5.41) is 13.1. The van der Waals surface area contributed by atoms with Gasteiger partial charge in [-0.1, -0.05) is 35.8 Å². The molecule has 114 valence electrons. The molecule has 0 aliphatic rings. The molecule has 0 amide bonds. The second-order valence-electron chi connectivity index (χ2n) is 5.56. The summed E-state index contributed by atoms with van der Waals surface area (Å²) < 4.78 is 6.56. The normalized spacial score (nSPS) is 12.7. The van der Waals surface area contributed by atoms with Crippen LogP contribution in [0.25, 0.3) is 0 Å². The summed E-state index contributed by atoms with van der Waals surface area (Å²) in [6.07, 6.45) is 1.75. The fourth-order valence-corrected chi connectivity index (χ4v) is 2.26. The molecule has 0 bridgehead atoms. The minimum Gasteiger partial charge on any atom is -0.389 e. The molecular weight excluding hydrogens is 318 g/mol. The van der Waals surface area contributed by atoms with Crippen molar-refractivity contribution in [1.29, 1.82) is 0 Å². The molecular formula is C16H26BrNO2. The summed E-state index contributed by atoms with van der Waals surface area (Å²) in [6.45, 7) is 8.07. The molecule has 0 saturated heterocycles. The monoisotopic (exact) mass is 343 g/mol. The predicted octanol–water partition coefficient (Wildman–Crippen LogP) is 3.98. The highest BCUT2D eigenvalue weighted by Gasteiger charge is 2.06. The van der Waals surface area contributed by atoms with E-state index in [-0.39, 0.29) is 0 Å². The zero-order valence-corrected chi connectivity index (χ0v) is 14.2. The molecule has 3 nitrogen and oxygen atoms in total. The molecule has 0 spiro atoms. The second kappa shape index (κ2) is 9.37. The van der Waals surface area contributed by atoms with Gasteiger partial charge in [0.1, 0.15) is 0 Å². The van der Waals surface area contributed by atoms with E-state index in [0.717, 1.165) is 28.8 Å². The van der Waals surface area contributed by atoms with E-state index in [4.69, 9.17) is 4.74 Å². The summed E-state index contributed by atoms with van der Waals surface area (Å²) in [6, 6.07) is 6.00. The lowest BCUT2D eigenvalue weighted by molar-refractivity contribution is 0.0409. The van der Waals surface area contributed by atoms with Crippen LogP contribution in [0.1, 0.15) is 32.3 Å². The lowest BCUT2D eigenvalue weighted by atomic mass is 10.1. The summed E-state index contributed by atoms with van der Waals surface area (Å²) in [7, 11) is 0. The molecule has 0 aromatic heterocycles. The molecule has 0 aliphatic heterocycles. The Kier molecular flexibility index (Phi) is 8.19. The fraction of sp³-hybridized carbons (Fsp3) is 0.625. The first kappa shape index (κ1) is 17.5. The number of hydrogen-bond donors (Lipinski definition) is 2. The van der Waals surface area contributed by atoms with Gasteiger partial charge in [0.2, 0.25) is 0 Å². The lowest BCUT2D eigenvalue weighted by Gasteiger charge is -2.15. The fourth-order valence-electron chi connectivity index (χ4n) is 1.90. The van der Waals surface area contributed by atoms with E-state index in [1.165, 1.54) is 6.42 Å². The van der Waals surface area contributed by atoms with Gasteiger partial charge in [-0.05, 0) is 43.4 Å². The van der Waals surface area contributed by atoms with Gasteiger partial charge in [0, 0.05) is 23.3 Å². The number of rotatable bonds is 9. The number of ether oxygens (including phenoxy) is 1. The Balaban J connectivity index is 2.19. The van der Waals surface area contributed by atoms with Crippen molar-refractivity contribution in [1.82, 2.24) is 0 Å². The highest BCUT2D eigenvalue weighted by molar-refractivity contribution is 9.10. The summed E-state index contributed by atoms with van der Waals surface area (Å²) in [5.74, 6) is 0.713. The molecule has 0 heterocycles. The van der Waals surface area contributed by atoms with Crippen LogP contribution < -0.4 is 5.32 Å². The van der Waals surface area contributed by atoms with Crippen molar-refractivity contribution in [2.75, 3.05) is 25.1 Å². The van der Waals surface area contributed by atoms with E-state index in [0.29, 0.717) is 19.1 Å². The molecule has 0 saturated carbocycles. The molecule has 1 atom stereocenters. The van der Waals surface area contributed by atoms with Crippen molar-refractivity contribution in [3.05, 3.63) is 28.2 Å². The highest BCUT2D eigenvalue weighted by Crippen LogP contribution is 2.23. The van der Waals surface area contributed by atoms with Gasteiger partial charge in [-0.25, -0.2) is 0 Å². The van der Waals surface area contributed by atoms with E-state index in [9.17, 15) is 5.11 Å². The van der Waals surface area contributed by atoms with E-state index >= 15 is 0 Å². The largest absolute Gasteiger partial charge is 0.389 e. The third kappa shape index (κ3) is 6.73. The number of aliphatic hydroxyl groups is 1. The Labute approximate surface area is 130 Å². The Morgan fingerprint density at radius 3 is 2.80 bits per heavy atom. The SMILES string of the molecule is Cc1c(Br)cccc1NCC(O)COCCCC(C)C. The van der Waals surface area contributed by atoms with Gasteiger partial charge in [-0.3, -0.25) is 0 Å². The lowest BCUT2D eigenvalue weighted by Crippen LogP contribution is -2.25. The topological polar surface area (TPSA) is 41.5 Å². The number of hydrogen-bond acceptors (Lipinski definition) is 3. The zero-order valence-electron chi connectivity index (χ0n) is 12.7. The van der Waals surface area contributed by atoms with E-state index < -0.39 is 6.10 Å². The Morgan fingerprint density at radius 2 is 2.10 bits per heavy atom. The number of anilines is 1. The maximum absolute atomic E-state index is 9.88. The molecule has 1 unspecified atom stereocenters. The summed E-state index contributed by atoms with van der Waals surface area (Å²) in [5.41, 5.74) is 2.19. The van der Waals surface area contributed by atoms with Crippen LogP contribution in [0, 0.1) is 12.8 Å². The van der Waals surface area contributed by atoms with Crippen molar-refractivity contribution < 1.29 is 9.84 Å². The Hall–Kier alpha value is -0.580. The van der Waals surface area contributed by atoms with Crippen LogP contribution >= 0.6 is 15.9 Å². The van der Waals surface area contributed by atoms with Crippen LogP contribution in [0.2, 0.25) is 0 Å². The molecule has 1 rings (SSSR count). The van der Waals surface area contributed by atoms with Crippen LogP contribution in [0.4, 0.5) is 5.69 Å². The van der Waals surface area contributed by atoms with Crippen LogP contribution in [0.15, 0.2) is 22.7 Å². The first-order valence-electron chi connectivity index (χ1n) is 7.25. The molecule has 1 aromatic carbocycles. The Bertz CT molecular complexity index is 396. The van der Waals surface area contributed by atoms with Gasteiger partial charge in [0.15, 0.2) is 0 Å². The smallest absolute Gasteiger partial charge is 0.0945 e. The standard InChI is InChI=1S/C16H26BrNO2/c1-12(2)6-5-9-20-11-14(19)10-18-16-8-4-7-15(17)13(16)3/h4,7-8,12,14,18-19H,5-6,9-11H2,1-3H3. The molecule has 1 aromatic rings. The van der Waals surface area contributed by atoms with Crippen LogP contribution in [-0.2, 0) is 4.74 Å². The molecule has 0 radical (unpaired) electrons. The van der Waals surface area contributed by atoms with Crippen LogP contribution in [0.5, 0.6) is 0 Å². The van der Waals surface area contributed by atoms with Gasteiger partial charge >= 0.3 is 0 Å². The van der Waals surface area contributed by atoms with E-state index in [1.54, 1.807) is 0 Å². The first-order valence-corrected chi connectivity index (χ1v) is 8.04. The highest BCUT2D eigenvalue weighted by atomic mass is 79.9. The van der Waals surface area contributed by atoms with E-state index in [1.807, 2.05) is 25.1 Å². The number of nitrogens with one attached hydrogen (secondary N) is 1. The third-order valence-electron chi connectivity index (χ3n) is 3.18. The molecule has 2 N–H and O–H groups in total. The van der Waals surface area contributed by atoms with Gasteiger partial charge in [0.25, 0.3) is 0 Å². The van der Waals surface area contributed by atoms with Crippen molar-refractivity contribution in [3.63, 3.8) is 0 Å². The number of halogens is 1. The third-order valence-corrected chi connectivity index (χ3v) is 4.04. The second-order valence-corrected chi connectivity index (χ2v) is 6.41.